The van der Waals surface area contributed by atoms with Crippen LogP contribution < -0.4 is 4.72 Å². The molecule has 0 fully saturated rings. The monoisotopic (exact) mass is 167 g/mol. The molecule has 0 saturated heterocycles. The molecular formula is C9H13NS. The number of hydrogen-bond acceptors (Lipinski definition) is 2. The van der Waals surface area contributed by atoms with Crippen LogP contribution in [0.25, 0.3) is 0 Å². The Labute approximate surface area is 72.1 Å². The van der Waals surface area contributed by atoms with E-state index in [9.17, 15) is 0 Å². The van der Waals surface area contributed by atoms with Crippen molar-refractivity contribution in [1.29, 1.82) is 0 Å². The molecule has 1 nitrogen and oxygen atoms in total. The van der Waals surface area contributed by atoms with Crippen LogP contribution in [0.4, 0.5) is 0 Å². The van der Waals surface area contributed by atoms with E-state index < -0.39 is 0 Å². The average molecular weight is 167 g/mol. The largest absolute Gasteiger partial charge is 0.260 e. The molecule has 1 aliphatic heterocycles. The maximum absolute atomic E-state index is 3.35. The Kier molecular flexibility index (Phi) is 2.34. The van der Waals surface area contributed by atoms with Gasteiger partial charge in [-0.3, -0.25) is 4.72 Å². The van der Waals surface area contributed by atoms with Gasteiger partial charge in [0.05, 0.1) is 0 Å². The molecule has 0 unspecified atom stereocenters. The SMILES string of the molecule is C1=CC2=C(CC1)CCCNS2. The molecule has 0 atom stereocenters. The summed E-state index contributed by atoms with van der Waals surface area (Å²) in [6.07, 6.45) is 9.69. The van der Waals surface area contributed by atoms with Crippen LogP contribution in [0.3, 0.4) is 0 Å². The summed E-state index contributed by atoms with van der Waals surface area (Å²) < 4.78 is 3.35. The molecule has 2 aliphatic rings. The van der Waals surface area contributed by atoms with Crippen LogP contribution in [-0.4, -0.2) is 6.54 Å². The van der Waals surface area contributed by atoms with Gasteiger partial charge in [-0.15, -0.1) is 0 Å². The Morgan fingerprint density at radius 1 is 1.36 bits per heavy atom. The first-order valence-corrected chi connectivity index (χ1v) is 5.07. The maximum Gasteiger partial charge on any atom is 0.0217 e. The van der Waals surface area contributed by atoms with Crippen LogP contribution in [0, 0.1) is 0 Å². The molecule has 0 aromatic heterocycles. The van der Waals surface area contributed by atoms with Gasteiger partial charge in [0, 0.05) is 11.4 Å². The first kappa shape index (κ1) is 7.44. The van der Waals surface area contributed by atoms with Gasteiger partial charge in [0.25, 0.3) is 0 Å². The Hall–Kier alpha value is -0.210. The van der Waals surface area contributed by atoms with Crippen LogP contribution in [0.1, 0.15) is 25.7 Å². The highest BCUT2D eigenvalue weighted by molar-refractivity contribution is 8.01. The number of hydrogen-bond donors (Lipinski definition) is 1. The number of allylic oxidation sites excluding steroid dienone is 3. The predicted molar refractivity (Wildman–Crippen MR) is 50.2 cm³/mol. The van der Waals surface area contributed by atoms with Gasteiger partial charge in [-0.05, 0) is 37.6 Å². The zero-order chi connectivity index (χ0) is 7.52. The van der Waals surface area contributed by atoms with Gasteiger partial charge in [0.1, 0.15) is 0 Å². The zero-order valence-electron chi connectivity index (χ0n) is 6.60. The van der Waals surface area contributed by atoms with Crippen molar-refractivity contribution in [3.8, 4) is 0 Å². The third-order valence-corrected chi connectivity index (χ3v) is 3.16. The smallest absolute Gasteiger partial charge is 0.0217 e. The summed E-state index contributed by atoms with van der Waals surface area (Å²) in [5.74, 6) is 0. The maximum atomic E-state index is 3.35. The van der Waals surface area contributed by atoms with Crippen molar-refractivity contribution in [2.75, 3.05) is 6.54 Å². The molecule has 1 heterocycles. The average Bonchev–Trinajstić information content (AvgIpc) is 2.28. The van der Waals surface area contributed by atoms with Crippen molar-refractivity contribution >= 4 is 11.9 Å². The summed E-state index contributed by atoms with van der Waals surface area (Å²) in [5.41, 5.74) is 1.67. The van der Waals surface area contributed by atoms with E-state index in [-0.39, 0.29) is 0 Å². The predicted octanol–water partition coefficient (Wildman–Crippen LogP) is 2.62. The second-order valence-corrected chi connectivity index (χ2v) is 3.94. The molecule has 0 aromatic rings. The molecular weight excluding hydrogens is 154 g/mol. The molecule has 0 saturated carbocycles. The molecule has 1 aliphatic carbocycles. The Morgan fingerprint density at radius 3 is 3.36 bits per heavy atom. The molecule has 2 heteroatoms. The van der Waals surface area contributed by atoms with Gasteiger partial charge in [0.2, 0.25) is 0 Å². The van der Waals surface area contributed by atoms with Crippen LogP contribution in [0.5, 0.6) is 0 Å². The van der Waals surface area contributed by atoms with Crippen LogP contribution >= 0.6 is 11.9 Å². The third-order valence-electron chi connectivity index (χ3n) is 2.17. The molecule has 60 valence electrons. The molecule has 0 spiro atoms. The normalized spacial score (nSPS) is 24.7. The quantitative estimate of drug-likeness (QED) is 0.557. The fraction of sp³-hybridized carbons (Fsp3) is 0.556. The van der Waals surface area contributed by atoms with E-state index in [1.54, 1.807) is 5.57 Å². The van der Waals surface area contributed by atoms with Gasteiger partial charge >= 0.3 is 0 Å². The second-order valence-electron chi connectivity index (χ2n) is 3.01. The molecule has 11 heavy (non-hydrogen) atoms. The Morgan fingerprint density at radius 2 is 2.36 bits per heavy atom. The van der Waals surface area contributed by atoms with Gasteiger partial charge in [0.15, 0.2) is 0 Å². The van der Waals surface area contributed by atoms with Gasteiger partial charge in [-0.1, -0.05) is 17.7 Å². The lowest BCUT2D eigenvalue weighted by Gasteiger charge is -2.11. The topological polar surface area (TPSA) is 12.0 Å². The minimum Gasteiger partial charge on any atom is -0.260 e. The minimum atomic E-state index is 1.16. The van der Waals surface area contributed by atoms with E-state index in [4.69, 9.17) is 0 Å². The van der Waals surface area contributed by atoms with Gasteiger partial charge in [-0.25, -0.2) is 0 Å². The van der Waals surface area contributed by atoms with Gasteiger partial charge < -0.3 is 0 Å². The summed E-state index contributed by atoms with van der Waals surface area (Å²) >= 11 is 1.81. The Bertz CT molecular complexity index is 206. The molecule has 0 radical (unpaired) electrons. The van der Waals surface area contributed by atoms with Crippen molar-refractivity contribution in [1.82, 2.24) is 4.72 Å². The summed E-state index contributed by atoms with van der Waals surface area (Å²) in [5, 5.41) is 0. The van der Waals surface area contributed by atoms with E-state index in [0.29, 0.717) is 0 Å². The highest BCUT2D eigenvalue weighted by Gasteiger charge is 2.11. The van der Waals surface area contributed by atoms with Crippen molar-refractivity contribution in [2.45, 2.75) is 25.7 Å². The van der Waals surface area contributed by atoms with Crippen molar-refractivity contribution in [3.63, 3.8) is 0 Å². The van der Waals surface area contributed by atoms with E-state index >= 15 is 0 Å². The van der Waals surface area contributed by atoms with Crippen LogP contribution in [-0.2, 0) is 0 Å². The van der Waals surface area contributed by atoms with E-state index in [1.807, 2.05) is 11.9 Å². The van der Waals surface area contributed by atoms with Crippen molar-refractivity contribution in [2.24, 2.45) is 0 Å². The number of rotatable bonds is 0. The molecule has 2 rings (SSSR count). The fourth-order valence-electron chi connectivity index (χ4n) is 1.55. The van der Waals surface area contributed by atoms with E-state index in [0.717, 1.165) is 6.54 Å². The van der Waals surface area contributed by atoms with Crippen molar-refractivity contribution < 1.29 is 0 Å². The standard InChI is InChI=1S/C9H13NS/c1-2-6-9-8(4-1)5-3-7-10-11-9/h2,6,10H,1,3-5,7H2. The highest BCUT2D eigenvalue weighted by atomic mass is 32.2. The minimum absolute atomic E-state index is 1.16. The highest BCUT2D eigenvalue weighted by Crippen LogP contribution is 2.31. The molecule has 0 bridgehead atoms. The van der Waals surface area contributed by atoms with E-state index in [1.165, 1.54) is 30.6 Å². The lowest BCUT2D eigenvalue weighted by molar-refractivity contribution is 0.764. The fourth-order valence-corrected chi connectivity index (χ4v) is 2.46. The third kappa shape index (κ3) is 1.68. The summed E-state index contributed by atoms with van der Waals surface area (Å²) in [7, 11) is 0. The number of nitrogens with one attached hydrogen (secondary N) is 1. The first-order chi connectivity index (χ1) is 5.47. The first-order valence-electron chi connectivity index (χ1n) is 4.25. The molecule has 0 amide bonds. The molecule has 0 aromatic carbocycles. The molecule has 1 N–H and O–H groups in total. The zero-order valence-corrected chi connectivity index (χ0v) is 7.41. The summed E-state index contributed by atoms with van der Waals surface area (Å²) in [6.45, 7) is 1.16. The second kappa shape index (κ2) is 3.46. The van der Waals surface area contributed by atoms with Crippen LogP contribution in [0.2, 0.25) is 0 Å². The summed E-state index contributed by atoms with van der Waals surface area (Å²) in [6, 6.07) is 0. The summed E-state index contributed by atoms with van der Waals surface area (Å²) in [4.78, 5) is 1.48. The lowest BCUT2D eigenvalue weighted by Crippen LogP contribution is -2.01. The van der Waals surface area contributed by atoms with Crippen LogP contribution in [0.15, 0.2) is 22.6 Å². The van der Waals surface area contributed by atoms with E-state index in [2.05, 4.69) is 16.9 Å². The lowest BCUT2D eigenvalue weighted by atomic mass is 10.0. The Balaban J connectivity index is 2.17. The van der Waals surface area contributed by atoms with Gasteiger partial charge in [-0.2, -0.15) is 0 Å². The van der Waals surface area contributed by atoms with Crippen molar-refractivity contribution in [3.05, 3.63) is 22.6 Å².